The van der Waals surface area contributed by atoms with Crippen LogP contribution in [-0.2, 0) is 14.8 Å². The van der Waals surface area contributed by atoms with Gasteiger partial charge in [-0.25, -0.2) is 8.42 Å². The molecule has 0 bridgehead atoms. The Kier molecular flexibility index (Phi) is 4.66. The summed E-state index contributed by atoms with van der Waals surface area (Å²) in [7, 11) is -3.20. The van der Waals surface area contributed by atoms with Crippen molar-refractivity contribution in [3.05, 3.63) is 0 Å². The molecule has 110 valence electrons. The van der Waals surface area contributed by atoms with E-state index in [2.05, 4.69) is 0 Å². The van der Waals surface area contributed by atoms with Gasteiger partial charge in [0.25, 0.3) is 0 Å². The molecule has 0 N–H and O–H groups in total. The predicted octanol–water partition coefficient (Wildman–Crippen LogP) is 2.20. The first-order valence-electron chi connectivity index (χ1n) is 7.44. The molecule has 5 heteroatoms. The van der Waals surface area contributed by atoms with Crippen LogP contribution in [-0.4, -0.2) is 36.8 Å². The second kappa shape index (κ2) is 5.92. The van der Waals surface area contributed by atoms with E-state index in [9.17, 15) is 13.2 Å². The van der Waals surface area contributed by atoms with Crippen molar-refractivity contribution in [1.29, 1.82) is 0 Å². The molecule has 2 atom stereocenters. The fourth-order valence-corrected chi connectivity index (χ4v) is 5.55. The smallest absolute Gasteiger partial charge is 0.214 e. The highest BCUT2D eigenvalue weighted by Crippen LogP contribution is 2.34. The summed E-state index contributed by atoms with van der Waals surface area (Å²) in [6.45, 7) is 4.45. The van der Waals surface area contributed by atoms with Crippen molar-refractivity contribution in [3.63, 3.8) is 0 Å². The highest BCUT2D eigenvalue weighted by Gasteiger charge is 2.41. The van der Waals surface area contributed by atoms with Gasteiger partial charge in [0.1, 0.15) is 5.78 Å². The number of hydrogen-bond donors (Lipinski definition) is 0. The Bertz CT molecular complexity index is 430. The van der Waals surface area contributed by atoms with Gasteiger partial charge < -0.3 is 0 Å². The molecule has 2 rings (SSSR count). The number of carbonyl (C=O) groups is 1. The average molecular weight is 287 g/mol. The molecule has 0 aromatic heterocycles. The SMILES string of the molecule is CC(C)CS(=O)(=O)N1CCCC1C1CCCCC1=O. The number of hydrogen-bond acceptors (Lipinski definition) is 3. The molecule has 2 aliphatic rings. The quantitative estimate of drug-likeness (QED) is 0.796. The lowest BCUT2D eigenvalue weighted by molar-refractivity contribution is -0.126. The maximum Gasteiger partial charge on any atom is 0.214 e. The summed E-state index contributed by atoms with van der Waals surface area (Å²) in [6, 6.07) is -0.0588. The van der Waals surface area contributed by atoms with Gasteiger partial charge in [0.2, 0.25) is 10.0 Å². The molecule has 0 aromatic rings. The molecule has 1 saturated heterocycles. The van der Waals surface area contributed by atoms with Crippen LogP contribution in [0.15, 0.2) is 0 Å². The normalized spacial score (nSPS) is 30.2. The van der Waals surface area contributed by atoms with Crippen LogP contribution in [0.5, 0.6) is 0 Å². The Balaban J connectivity index is 2.14. The summed E-state index contributed by atoms with van der Waals surface area (Å²) in [5, 5.41) is 0. The number of Topliss-reactive ketones (excluding diaryl/α,β-unsaturated/α-hetero) is 1. The monoisotopic (exact) mass is 287 g/mol. The molecule has 2 fully saturated rings. The Morgan fingerprint density at radius 1 is 1.21 bits per heavy atom. The zero-order valence-corrected chi connectivity index (χ0v) is 12.8. The van der Waals surface area contributed by atoms with E-state index in [4.69, 9.17) is 0 Å². The zero-order valence-electron chi connectivity index (χ0n) is 12.0. The largest absolute Gasteiger partial charge is 0.299 e. The third-order valence-electron chi connectivity index (χ3n) is 4.22. The standard InChI is InChI=1S/C14H25NO3S/c1-11(2)10-19(17,18)15-9-5-7-13(15)12-6-3-4-8-14(12)16/h11-13H,3-10H2,1-2H3. The van der Waals surface area contributed by atoms with E-state index in [-0.39, 0.29) is 29.4 Å². The Morgan fingerprint density at radius 2 is 1.95 bits per heavy atom. The number of ketones is 1. The maximum atomic E-state index is 12.4. The highest BCUT2D eigenvalue weighted by atomic mass is 32.2. The lowest BCUT2D eigenvalue weighted by Crippen LogP contribution is -2.45. The van der Waals surface area contributed by atoms with Crippen LogP contribution in [0.1, 0.15) is 52.4 Å². The molecule has 4 nitrogen and oxygen atoms in total. The average Bonchev–Trinajstić information content (AvgIpc) is 2.77. The van der Waals surface area contributed by atoms with Crippen LogP contribution in [0.4, 0.5) is 0 Å². The van der Waals surface area contributed by atoms with E-state index in [1.807, 2.05) is 13.8 Å². The third-order valence-corrected chi connectivity index (χ3v) is 6.47. The molecule has 0 aromatic carbocycles. The molecular formula is C14H25NO3S. The minimum Gasteiger partial charge on any atom is -0.299 e. The summed E-state index contributed by atoms with van der Waals surface area (Å²) < 4.78 is 26.5. The van der Waals surface area contributed by atoms with Crippen LogP contribution in [0.3, 0.4) is 0 Å². The summed E-state index contributed by atoms with van der Waals surface area (Å²) in [6.07, 6.45) is 5.29. The van der Waals surface area contributed by atoms with Crippen molar-refractivity contribution in [2.24, 2.45) is 11.8 Å². The Morgan fingerprint density at radius 3 is 2.58 bits per heavy atom. The van der Waals surface area contributed by atoms with Gasteiger partial charge in [-0.2, -0.15) is 4.31 Å². The second-order valence-corrected chi connectivity index (χ2v) is 8.28. The molecule has 0 amide bonds. The van der Waals surface area contributed by atoms with Gasteiger partial charge in [-0.3, -0.25) is 4.79 Å². The van der Waals surface area contributed by atoms with E-state index >= 15 is 0 Å². The number of sulfonamides is 1. The second-order valence-electron chi connectivity index (χ2n) is 6.31. The molecule has 2 unspecified atom stereocenters. The summed E-state index contributed by atoms with van der Waals surface area (Å²) in [5.41, 5.74) is 0. The van der Waals surface area contributed by atoms with Crippen molar-refractivity contribution in [2.45, 2.75) is 58.4 Å². The minimum absolute atomic E-state index is 0.0433. The van der Waals surface area contributed by atoms with Gasteiger partial charge in [-0.05, 0) is 31.6 Å². The van der Waals surface area contributed by atoms with Gasteiger partial charge in [0, 0.05) is 24.9 Å². The van der Waals surface area contributed by atoms with Gasteiger partial charge in [0.15, 0.2) is 0 Å². The lowest BCUT2D eigenvalue weighted by Gasteiger charge is -2.32. The van der Waals surface area contributed by atoms with Crippen molar-refractivity contribution in [3.8, 4) is 0 Å². The van der Waals surface area contributed by atoms with Crippen LogP contribution >= 0.6 is 0 Å². The maximum absolute atomic E-state index is 12.4. The van der Waals surface area contributed by atoms with Gasteiger partial charge in [-0.15, -0.1) is 0 Å². The predicted molar refractivity (Wildman–Crippen MR) is 75.3 cm³/mol. The number of nitrogens with zero attached hydrogens (tertiary/aromatic N) is 1. The molecule has 0 radical (unpaired) electrons. The van der Waals surface area contributed by atoms with Crippen molar-refractivity contribution in [1.82, 2.24) is 4.31 Å². The number of carbonyl (C=O) groups excluding carboxylic acids is 1. The fraction of sp³-hybridized carbons (Fsp3) is 0.929. The molecule has 1 aliphatic carbocycles. The van der Waals surface area contributed by atoms with E-state index in [0.29, 0.717) is 13.0 Å². The molecule has 1 heterocycles. The van der Waals surface area contributed by atoms with Crippen molar-refractivity contribution >= 4 is 15.8 Å². The first kappa shape index (κ1) is 15.0. The van der Waals surface area contributed by atoms with E-state index in [0.717, 1.165) is 32.1 Å². The molecule has 19 heavy (non-hydrogen) atoms. The van der Waals surface area contributed by atoms with Crippen LogP contribution in [0, 0.1) is 11.8 Å². The first-order chi connectivity index (χ1) is 8.92. The van der Waals surface area contributed by atoms with E-state index in [1.54, 1.807) is 4.31 Å². The first-order valence-corrected chi connectivity index (χ1v) is 9.05. The summed E-state index contributed by atoms with van der Waals surface area (Å²) in [4.78, 5) is 12.1. The van der Waals surface area contributed by atoms with Crippen LogP contribution in [0.2, 0.25) is 0 Å². The molecule has 1 saturated carbocycles. The van der Waals surface area contributed by atoms with E-state index < -0.39 is 10.0 Å². The summed E-state index contributed by atoms with van der Waals surface area (Å²) in [5.74, 6) is 0.569. The van der Waals surface area contributed by atoms with Crippen LogP contribution < -0.4 is 0 Å². The van der Waals surface area contributed by atoms with Crippen molar-refractivity contribution < 1.29 is 13.2 Å². The summed E-state index contributed by atoms with van der Waals surface area (Å²) >= 11 is 0. The topological polar surface area (TPSA) is 54.5 Å². The zero-order chi connectivity index (χ0) is 14.0. The van der Waals surface area contributed by atoms with Gasteiger partial charge in [-0.1, -0.05) is 20.3 Å². The molecule has 1 aliphatic heterocycles. The Hall–Kier alpha value is -0.420. The highest BCUT2D eigenvalue weighted by molar-refractivity contribution is 7.89. The lowest BCUT2D eigenvalue weighted by atomic mass is 9.82. The third kappa shape index (κ3) is 3.37. The van der Waals surface area contributed by atoms with Crippen molar-refractivity contribution in [2.75, 3.05) is 12.3 Å². The van der Waals surface area contributed by atoms with Gasteiger partial charge >= 0.3 is 0 Å². The van der Waals surface area contributed by atoms with E-state index in [1.165, 1.54) is 0 Å². The Labute approximate surface area is 116 Å². The number of rotatable bonds is 4. The molecular weight excluding hydrogens is 262 g/mol. The molecule has 0 spiro atoms. The van der Waals surface area contributed by atoms with Gasteiger partial charge in [0.05, 0.1) is 5.75 Å². The van der Waals surface area contributed by atoms with Crippen LogP contribution in [0.25, 0.3) is 0 Å². The minimum atomic E-state index is -3.20. The fourth-order valence-electron chi connectivity index (χ4n) is 3.45.